The molecule has 136 valence electrons. The number of benzene rings is 1. The summed E-state index contributed by atoms with van der Waals surface area (Å²) in [7, 11) is -4.40. The van der Waals surface area contributed by atoms with Crippen molar-refractivity contribution in [2.45, 2.75) is 24.0 Å². The van der Waals surface area contributed by atoms with Crippen molar-refractivity contribution >= 4 is 28.1 Å². The number of rotatable bonds is 3. The van der Waals surface area contributed by atoms with Crippen molar-refractivity contribution in [3.63, 3.8) is 0 Å². The second-order valence-corrected chi connectivity index (χ2v) is 7.06. The molecule has 1 aliphatic heterocycles. The van der Waals surface area contributed by atoms with Crippen molar-refractivity contribution in [1.82, 2.24) is 9.62 Å². The first kappa shape index (κ1) is 20.6. The molecular weight excluding hydrogens is 375 g/mol. The number of piperazine rings is 1. The number of sulfonamides is 1. The lowest BCUT2D eigenvalue weighted by molar-refractivity contribution is -0.385. The summed E-state index contributed by atoms with van der Waals surface area (Å²) in [5.74, 6) is 0. The van der Waals surface area contributed by atoms with Crippen LogP contribution in [0.2, 0.25) is 0 Å². The summed E-state index contributed by atoms with van der Waals surface area (Å²) in [6.07, 6.45) is -5.02. The summed E-state index contributed by atoms with van der Waals surface area (Å²) in [6.45, 7) is 2.08. The Hall–Kier alpha value is -1.43. The third-order valence-electron chi connectivity index (χ3n) is 3.43. The molecule has 2 rings (SSSR count). The Morgan fingerprint density at radius 3 is 2.50 bits per heavy atom. The smallest absolute Gasteiger partial charge is 0.312 e. The molecule has 1 aromatic rings. The van der Waals surface area contributed by atoms with Crippen LogP contribution >= 0.6 is 12.4 Å². The second kappa shape index (κ2) is 7.21. The Balaban J connectivity index is 0.00000288. The minimum Gasteiger partial charge on any atom is -0.312 e. The second-order valence-electron chi connectivity index (χ2n) is 5.15. The van der Waals surface area contributed by atoms with Crippen molar-refractivity contribution in [2.75, 3.05) is 19.6 Å². The maximum absolute atomic E-state index is 13.1. The molecule has 7 nitrogen and oxygen atoms in total. The zero-order valence-electron chi connectivity index (χ0n) is 12.4. The van der Waals surface area contributed by atoms with Crippen molar-refractivity contribution in [3.8, 4) is 0 Å². The first-order valence-corrected chi connectivity index (χ1v) is 8.06. The zero-order chi connectivity index (χ0) is 17.4. The van der Waals surface area contributed by atoms with Gasteiger partial charge in [0.05, 0.1) is 15.4 Å². The molecule has 0 amide bonds. The highest BCUT2D eigenvalue weighted by atomic mass is 35.5. The molecule has 1 saturated heterocycles. The number of nitro benzene ring substituents is 1. The molecule has 1 heterocycles. The summed E-state index contributed by atoms with van der Waals surface area (Å²) >= 11 is 0. The predicted octanol–water partition coefficient (Wildman–Crippen LogP) is 2.02. The Kier molecular flexibility index (Phi) is 6.20. The van der Waals surface area contributed by atoms with E-state index in [0.717, 1.165) is 10.4 Å². The average Bonchev–Trinajstić information content (AvgIpc) is 2.45. The fraction of sp³-hybridized carbons (Fsp3) is 0.500. The van der Waals surface area contributed by atoms with E-state index in [1.165, 1.54) is 0 Å². The van der Waals surface area contributed by atoms with Crippen LogP contribution in [0.25, 0.3) is 0 Å². The Morgan fingerprint density at radius 1 is 1.38 bits per heavy atom. The van der Waals surface area contributed by atoms with Gasteiger partial charge in [-0.1, -0.05) is 0 Å². The molecule has 0 bridgehead atoms. The highest BCUT2D eigenvalue weighted by Crippen LogP contribution is 2.37. The number of hydrogen-bond donors (Lipinski definition) is 1. The maximum Gasteiger partial charge on any atom is 0.417 e. The maximum atomic E-state index is 13.1. The molecule has 1 N–H and O–H groups in total. The van der Waals surface area contributed by atoms with Crippen LogP contribution in [0.5, 0.6) is 0 Å². The van der Waals surface area contributed by atoms with Gasteiger partial charge in [0.15, 0.2) is 0 Å². The van der Waals surface area contributed by atoms with Gasteiger partial charge in [-0.25, -0.2) is 8.42 Å². The number of hydrogen-bond acceptors (Lipinski definition) is 5. The number of nitro groups is 1. The number of nitrogens with zero attached hydrogens (tertiary/aromatic N) is 2. The largest absolute Gasteiger partial charge is 0.417 e. The van der Waals surface area contributed by atoms with E-state index in [9.17, 15) is 31.7 Å². The summed E-state index contributed by atoms with van der Waals surface area (Å²) in [5.41, 5.74) is -2.34. The molecule has 1 atom stereocenters. The van der Waals surface area contributed by atoms with E-state index in [1.807, 2.05) is 0 Å². The average molecular weight is 390 g/mol. The lowest BCUT2D eigenvalue weighted by atomic mass is 10.2. The standard InChI is InChI=1S/C12H14F3N3O4S.ClH/c1-8-7-17(5-4-16-8)23(21,22)11-3-2-9(18(19)20)6-10(11)12(13,14)15;/h2-3,6,8,16H,4-5,7H2,1H3;1H. The number of nitrogens with one attached hydrogen (secondary N) is 1. The number of non-ortho nitro benzene ring substituents is 1. The van der Waals surface area contributed by atoms with Gasteiger partial charge in [-0.2, -0.15) is 17.5 Å². The highest BCUT2D eigenvalue weighted by Gasteiger charge is 2.41. The molecular formula is C12H15ClF3N3O4S. The fourth-order valence-corrected chi connectivity index (χ4v) is 4.05. The van der Waals surface area contributed by atoms with E-state index in [4.69, 9.17) is 0 Å². The molecule has 0 saturated carbocycles. The van der Waals surface area contributed by atoms with Gasteiger partial charge >= 0.3 is 6.18 Å². The summed E-state index contributed by atoms with van der Waals surface area (Å²) in [4.78, 5) is 8.69. The molecule has 1 fully saturated rings. The minimum atomic E-state index is -5.02. The summed E-state index contributed by atoms with van der Waals surface area (Å²) < 4.78 is 65.4. The fourth-order valence-electron chi connectivity index (χ4n) is 2.33. The van der Waals surface area contributed by atoms with Crippen LogP contribution in [0.4, 0.5) is 18.9 Å². The van der Waals surface area contributed by atoms with Crippen LogP contribution in [-0.4, -0.2) is 43.3 Å². The molecule has 0 spiro atoms. The molecule has 0 aliphatic carbocycles. The van der Waals surface area contributed by atoms with Crippen molar-refractivity contribution < 1.29 is 26.5 Å². The number of halogens is 4. The quantitative estimate of drug-likeness (QED) is 0.630. The van der Waals surface area contributed by atoms with E-state index >= 15 is 0 Å². The van der Waals surface area contributed by atoms with Gasteiger partial charge in [0.2, 0.25) is 10.0 Å². The third-order valence-corrected chi connectivity index (χ3v) is 5.35. The van der Waals surface area contributed by atoms with Gasteiger partial charge in [-0.15, -0.1) is 12.4 Å². The van der Waals surface area contributed by atoms with E-state index in [1.54, 1.807) is 6.92 Å². The minimum absolute atomic E-state index is 0. The van der Waals surface area contributed by atoms with Crippen LogP contribution in [0.3, 0.4) is 0 Å². The van der Waals surface area contributed by atoms with E-state index in [-0.39, 0.29) is 37.6 Å². The van der Waals surface area contributed by atoms with Gasteiger partial charge in [-0.05, 0) is 13.0 Å². The lowest BCUT2D eigenvalue weighted by Crippen LogP contribution is -2.51. The molecule has 0 radical (unpaired) electrons. The van der Waals surface area contributed by atoms with Crippen LogP contribution < -0.4 is 5.32 Å². The number of alkyl halides is 3. The van der Waals surface area contributed by atoms with E-state index < -0.39 is 37.3 Å². The van der Waals surface area contributed by atoms with Crippen LogP contribution in [0.1, 0.15) is 12.5 Å². The third kappa shape index (κ3) is 4.15. The molecule has 1 unspecified atom stereocenters. The van der Waals surface area contributed by atoms with Gasteiger partial charge in [0.1, 0.15) is 0 Å². The lowest BCUT2D eigenvalue weighted by Gasteiger charge is -2.31. The van der Waals surface area contributed by atoms with Gasteiger partial charge in [0, 0.05) is 37.8 Å². The van der Waals surface area contributed by atoms with Crippen molar-refractivity contribution in [3.05, 3.63) is 33.9 Å². The SMILES string of the molecule is CC1CN(S(=O)(=O)c2ccc([N+](=O)[O-])cc2C(F)(F)F)CCN1.Cl. The van der Waals surface area contributed by atoms with E-state index in [2.05, 4.69) is 5.32 Å². The summed E-state index contributed by atoms with van der Waals surface area (Å²) in [5, 5.41) is 13.6. The van der Waals surface area contributed by atoms with E-state index in [0.29, 0.717) is 12.6 Å². The first-order chi connectivity index (χ1) is 10.5. The Labute approximate surface area is 142 Å². The topological polar surface area (TPSA) is 92.5 Å². The zero-order valence-corrected chi connectivity index (χ0v) is 14.0. The molecule has 24 heavy (non-hydrogen) atoms. The molecule has 1 aromatic carbocycles. The van der Waals surface area contributed by atoms with Gasteiger partial charge in [-0.3, -0.25) is 10.1 Å². The van der Waals surface area contributed by atoms with Crippen molar-refractivity contribution in [1.29, 1.82) is 0 Å². The highest BCUT2D eigenvalue weighted by molar-refractivity contribution is 7.89. The van der Waals surface area contributed by atoms with Gasteiger partial charge in [0.25, 0.3) is 5.69 Å². The van der Waals surface area contributed by atoms with Crippen LogP contribution in [0.15, 0.2) is 23.1 Å². The summed E-state index contributed by atoms with van der Waals surface area (Å²) in [6, 6.07) is 1.45. The van der Waals surface area contributed by atoms with Crippen LogP contribution in [0, 0.1) is 10.1 Å². The molecule has 12 heteroatoms. The van der Waals surface area contributed by atoms with Crippen LogP contribution in [-0.2, 0) is 16.2 Å². The van der Waals surface area contributed by atoms with Gasteiger partial charge < -0.3 is 5.32 Å². The Bertz CT molecular complexity index is 727. The van der Waals surface area contributed by atoms with Crippen molar-refractivity contribution in [2.24, 2.45) is 0 Å². The Morgan fingerprint density at radius 2 is 2.00 bits per heavy atom. The molecule has 0 aromatic heterocycles. The predicted molar refractivity (Wildman–Crippen MR) is 81.6 cm³/mol. The normalized spacial score (nSPS) is 19.6. The first-order valence-electron chi connectivity index (χ1n) is 6.62. The molecule has 1 aliphatic rings. The monoisotopic (exact) mass is 389 g/mol.